The standard InChI is InChI=1S/C20H29NO4/c1-3-15-4-6-16(7-5-15)14(2)12-19(22)21-13-18(20(23)24)17-8-10-25-11-9-17/h4-7,14,17-18H,3,8-13H2,1-2H3,(H,21,22)(H,23,24). The second-order valence-corrected chi connectivity index (χ2v) is 6.90. The summed E-state index contributed by atoms with van der Waals surface area (Å²) in [5.74, 6) is -1.28. The molecule has 2 rings (SSSR count). The Morgan fingerprint density at radius 2 is 1.88 bits per heavy atom. The van der Waals surface area contributed by atoms with E-state index in [4.69, 9.17) is 4.74 Å². The molecule has 1 aliphatic rings. The number of ether oxygens (including phenoxy) is 1. The van der Waals surface area contributed by atoms with Gasteiger partial charge in [0, 0.05) is 26.2 Å². The molecule has 138 valence electrons. The van der Waals surface area contributed by atoms with Gasteiger partial charge in [-0.2, -0.15) is 0 Å². The summed E-state index contributed by atoms with van der Waals surface area (Å²) in [4.78, 5) is 23.8. The number of carboxylic acids is 1. The largest absolute Gasteiger partial charge is 0.481 e. The van der Waals surface area contributed by atoms with Crippen LogP contribution in [0.3, 0.4) is 0 Å². The normalized spacial score (nSPS) is 17.7. The fourth-order valence-electron chi connectivity index (χ4n) is 3.35. The predicted octanol–water partition coefficient (Wildman–Crippen LogP) is 2.99. The summed E-state index contributed by atoms with van der Waals surface area (Å²) in [5.41, 5.74) is 2.41. The average molecular weight is 347 g/mol. The first-order valence-electron chi connectivity index (χ1n) is 9.17. The maximum atomic E-state index is 12.2. The first kappa shape index (κ1) is 19.4. The molecular weight excluding hydrogens is 318 g/mol. The minimum atomic E-state index is -0.838. The summed E-state index contributed by atoms with van der Waals surface area (Å²) >= 11 is 0. The van der Waals surface area contributed by atoms with Crippen LogP contribution in [0.5, 0.6) is 0 Å². The fraction of sp³-hybridized carbons (Fsp3) is 0.600. The summed E-state index contributed by atoms with van der Waals surface area (Å²) < 4.78 is 5.29. The molecule has 1 heterocycles. The lowest BCUT2D eigenvalue weighted by Gasteiger charge is -2.27. The lowest BCUT2D eigenvalue weighted by atomic mass is 9.86. The zero-order valence-corrected chi connectivity index (χ0v) is 15.2. The van der Waals surface area contributed by atoms with E-state index in [-0.39, 0.29) is 24.3 Å². The minimum Gasteiger partial charge on any atom is -0.481 e. The van der Waals surface area contributed by atoms with Gasteiger partial charge < -0.3 is 15.2 Å². The number of amides is 1. The molecule has 25 heavy (non-hydrogen) atoms. The molecule has 2 N–H and O–H groups in total. The molecule has 1 amide bonds. The van der Waals surface area contributed by atoms with Crippen LogP contribution in [0.4, 0.5) is 0 Å². The molecule has 2 atom stereocenters. The number of nitrogens with one attached hydrogen (secondary N) is 1. The smallest absolute Gasteiger partial charge is 0.308 e. The van der Waals surface area contributed by atoms with Crippen molar-refractivity contribution in [3.63, 3.8) is 0 Å². The number of hydrogen-bond acceptors (Lipinski definition) is 3. The third-order valence-electron chi connectivity index (χ3n) is 5.12. The van der Waals surface area contributed by atoms with Crippen LogP contribution in [0.2, 0.25) is 0 Å². The fourth-order valence-corrected chi connectivity index (χ4v) is 3.35. The monoisotopic (exact) mass is 347 g/mol. The van der Waals surface area contributed by atoms with Crippen molar-refractivity contribution in [2.24, 2.45) is 11.8 Å². The quantitative estimate of drug-likeness (QED) is 0.758. The van der Waals surface area contributed by atoms with Gasteiger partial charge in [0.1, 0.15) is 0 Å². The van der Waals surface area contributed by atoms with E-state index in [9.17, 15) is 14.7 Å². The molecule has 0 saturated carbocycles. The Kier molecular flexibility index (Phi) is 7.44. The molecule has 0 aliphatic carbocycles. The Morgan fingerprint density at radius 3 is 2.44 bits per heavy atom. The lowest BCUT2D eigenvalue weighted by Crippen LogP contribution is -2.39. The summed E-state index contributed by atoms with van der Waals surface area (Å²) in [5, 5.41) is 12.3. The molecule has 5 heteroatoms. The third kappa shape index (κ3) is 5.85. The molecular formula is C20H29NO4. The third-order valence-corrected chi connectivity index (χ3v) is 5.12. The molecule has 0 aromatic heterocycles. The molecule has 1 aromatic carbocycles. The average Bonchev–Trinajstić information content (AvgIpc) is 2.62. The number of aryl methyl sites for hydroxylation is 1. The molecule has 5 nitrogen and oxygen atoms in total. The maximum absolute atomic E-state index is 12.2. The van der Waals surface area contributed by atoms with E-state index in [0.717, 1.165) is 24.8 Å². The van der Waals surface area contributed by atoms with Gasteiger partial charge in [-0.05, 0) is 42.2 Å². The van der Waals surface area contributed by atoms with Crippen LogP contribution in [-0.4, -0.2) is 36.7 Å². The number of rotatable bonds is 8. The SMILES string of the molecule is CCc1ccc(C(C)CC(=O)NCC(C(=O)O)C2CCOCC2)cc1. The van der Waals surface area contributed by atoms with E-state index in [1.807, 2.05) is 6.92 Å². The first-order chi connectivity index (χ1) is 12.0. The second kappa shape index (κ2) is 9.56. The maximum Gasteiger partial charge on any atom is 0.308 e. The van der Waals surface area contributed by atoms with Crippen LogP contribution in [-0.2, 0) is 20.7 Å². The number of hydrogen-bond donors (Lipinski definition) is 2. The Bertz CT molecular complexity index is 564. The van der Waals surface area contributed by atoms with Crippen LogP contribution in [0.1, 0.15) is 50.2 Å². The van der Waals surface area contributed by atoms with Crippen LogP contribution in [0.15, 0.2) is 24.3 Å². The Morgan fingerprint density at radius 1 is 1.24 bits per heavy atom. The van der Waals surface area contributed by atoms with Crippen LogP contribution in [0.25, 0.3) is 0 Å². The van der Waals surface area contributed by atoms with Crippen molar-refractivity contribution in [2.75, 3.05) is 19.8 Å². The van der Waals surface area contributed by atoms with Crippen molar-refractivity contribution in [3.8, 4) is 0 Å². The van der Waals surface area contributed by atoms with Crippen molar-refractivity contribution in [2.45, 2.75) is 45.4 Å². The van der Waals surface area contributed by atoms with Gasteiger partial charge >= 0.3 is 5.97 Å². The number of aliphatic carboxylic acids is 1. The lowest BCUT2D eigenvalue weighted by molar-refractivity contribution is -0.145. The van der Waals surface area contributed by atoms with E-state index in [1.54, 1.807) is 0 Å². The molecule has 0 bridgehead atoms. The highest BCUT2D eigenvalue weighted by Crippen LogP contribution is 2.24. The summed E-state index contributed by atoms with van der Waals surface area (Å²) in [6, 6.07) is 8.32. The Labute approximate surface area is 149 Å². The van der Waals surface area contributed by atoms with Gasteiger partial charge in [-0.1, -0.05) is 38.1 Å². The Balaban J connectivity index is 1.84. The van der Waals surface area contributed by atoms with Gasteiger partial charge in [-0.3, -0.25) is 9.59 Å². The van der Waals surface area contributed by atoms with Gasteiger partial charge in [0.25, 0.3) is 0 Å². The van der Waals surface area contributed by atoms with Crippen LogP contribution in [0, 0.1) is 11.8 Å². The van der Waals surface area contributed by atoms with Crippen molar-refractivity contribution >= 4 is 11.9 Å². The Hall–Kier alpha value is -1.88. The molecule has 0 spiro atoms. The molecule has 0 radical (unpaired) electrons. The first-order valence-corrected chi connectivity index (χ1v) is 9.17. The molecule has 2 unspecified atom stereocenters. The molecule has 1 aliphatic heterocycles. The number of carboxylic acid groups (broad SMARTS) is 1. The van der Waals surface area contributed by atoms with E-state index in [1.165, 1.54) is 5.56 Å². The molecule has 1 saturated heterocycles. The van der Waals surface area contributed by atoms with Gasteiger partial charge in [-0.15, -0.1) is 0 Å². The second-order valence-electron chi connectivity index (χ2n) is 6.90. The zero-order valence-electron chi connectivity index (χ0n) is 15.2. The van der Waals surface area contributed by atoms with E-state index >= 15 is 0 Å². The van der Waals surface area contributed by atoms with E-state index in [0.29, 0.717) is 19.6 Å². The zero-order chi connectivity index (χ0) is 18.2. The minimum absolute atomic E-state index is 0.0746. The van der Waals surface area contributed by atoms with Crippen molar-refractivity contribution in [1.82, 2.24) is 5.32 Å². The molecule has 1 aromatic rings. The van der Waals surface area contributed by atoms with Crippen LogP contribution < -0.4 is 5.32 Å². The number of benzene rings is 1. The van der Waals surface area contributed by atoms with Crippen molar-refractivity contribution < 1.29 is 19.4 Å². The van der Waals surface area contributed by atoms with Gasteiger partial charge in [0.15, 0.2) is 0 Å². The molecule has 1 fully saturated rings. The van der Waals surface area contributed by atoms with Crippen LogP contribution >= 0.6 is 0 Å². The summed E-state index contributed by atoms with van der Waals surface area (Å²) in [6.45, 7) is 5.54. The highest BCUT2D eigenvalue weighted by atomic mass is 16.5. The summed E-state index contributed by atoms with van der Waals surface area (Å²) in [7, 11) is 0. The summed E-state index contributed by atoms with van der Waals surface area (Å²) in [6.07, 6.45) is 2.85. The van der Waals surface area contributed by atoms with E-state index in [2.05, 4.69) is 36.5 Å². The number of carbonyl (C=O) groups is 2. The highest BCUT2D eigenvalue weighted by Gasteiger charge is 2.30. The predicted molar refractivity (Wildman–Crippen MR) is 96.5 cm³/mol. The number of carbonyl (C=O) groups excluding carboxylic acids is 1. The highest BCUT2D eigenvalue weighted by molar-refractivity contribution is 5.78. The topological polar surface area (TPSA) is 75.6 Å². The van der Waals surface area contributed by atoms with Crippen molar-refractivity contribution in [3.05, 3.63) is 35.4 Å². The van der Waals surface area contributed by atoms with Gasteiger partial charge in [0.2, 0.25) is 5.91 Å². The van der Waals surface area contributed by atoms with Crippen molar-refractivity contribution in [1.29, 1.82) is 0 Å². The van der Waals surface area contributed by atoms with Gasteiger partial charge in [-0.25, -0.2) is 0 Å². The van der Waals surface area contributed by atoms with E-state index < -0.39 is 11.9 Å². The van der Waals surface area contributed by atoms with Gasteiger partial charge in [0.05, 0.1) is 5.92 Å².